The zero-order valence-electron chi connectivity index (χ0n) is 13.6. The van der Waals surface area contributed by atoms with Gasteiger partial charge in [-0.1, -0.05) is 0 Å². The lowest BCUT2D eigenvalue weighted by Gasteiger charge is -2.19. The van der Waals surface area contributed by atoms with Gasteiger partial charge in [-0.2, -0.15) is 0 Å². The molecule has 1 unspecified atom stereocenters. The molecule has 0 radical (unpaired) electrons. The molecule has 5 nitrogen and oxygen atoms in total. The van der Waals surface area contributed by atoms with Crippen LogP contribution in [0.4, 0.5) is 20.2 Å². The second-order valence-electron chi connectivity index (χ2n) is 5.82. The van der Waals surface area contributed by atoms with Crippen molar-refractivity contribution in [3.05, 3.63) is 54.1 Å². The molecule has 134 valence electrons. The number of nitrogens with zero attached hydrogens (tertiary/aromatic N) is 1. The third kappa shape index (κ3) is 3.91. The molecule has 0 aliphatic carbocycles. The van der Waals surface area contributed by atoms with Crippen LogP contribution >= 0.6 is 0 Å². The van der Waals surface area contributed by atoms with Crippen molar-refractivity contribution in [1.82, 2.24) is 0 Å². The minimum absolute atomic E-state index is 0.194. The Morgan fingerprint density at radius 2 is 1.88 bits per heavy atom. The van der Waals surface area contributed by atoms with E-state index in [9.17, 15) is 17.2 Å². The van der Waals surface area contributed by atoms with E-state index in [2.05, 4.69) is 9.62 Å². The monoisotopic (exact) mass is 368 g/mol. The summed E-state index contributed by atoms with van der Waals surface area (Å²) >= 11 is 0. The van der Waals surface area contributed by atoms with Crippen molar-refractivity contribution in [2.75, 3.05) is 29.8 Å². The van der Waals surface area contributed by atoms with Crippen molar-refractivity contribution in [3.63, 3.8) is 0 Å². The van der Waals surface area contributed by atoms with Crippen LogP contribution < -0.4 is 9.62 Å². The topological polar surface area (TPSA) is 58.6 Å². The van der Waals surface area contributed by atoms with E-state index in [0.29, 0.717) is 11.8 Å². The number of sulfonamides is 1. The van der Waals surface area contributed by atoms with E-state index in [1.54, 1.807) is 31.4 Å². The van der Waals surface area contributed by atoms with Crippen LogP contribution in [0.5, 0.6) is 0 Å². The standard InChI is InChI=1S/C17H18F2N2O3S/c1-24-15-8-9-21(11-15)14-5-3-13(4-6-14)20-25(22,23)17-7-2-12(18)10-16(17)19/h2-7,10,15,20H,8-9,11H2,1H3. The van der Waals surface area contributed by atoms with Crippen LogP contribution in [-0.2, 0) is 14.8 Å². The Kier molecular flexibility index (Phi) is 4.91. The summed E-state index contributed by atoms with van der Waals surface area (Å²) in [6.45, 7) is 1.65. The second-order valence-corrected chi connectivity index (χ2v) is 7.47. The van der Waals surface area contributed by atoms with Crippen LogP contribution in [0.3, 0.4) is 0 Å². The predicted molar refractivity (Wildman–Crippen MR) is 91.2 cm³/mol. The summed E-state index contributed by atoms with van der Waals surface area (Å²) in [4.78, 5) is 1.55. The van der Waals surface area contributed by atoms with Crippen molar-refractivity contribution in [2.45, 2.75) is 17.4 Å². The molecule has 2 aromatic rings. The van der Waals surface area contributed by atoms with Gasteiger partial charge in [-0.05, 0) is 42.8 Å². The fraction of sp³-hybridized carbons (Fsp3) is 0.294. The first kappa shape index (κ1) is 17.6. The number of anilines is 2. The fourth-order valence-corrected chi connectivity index (χ4v) is 3.92. The molecule has 0 aromatic heterocycles. The molecule has 1 saturated heterocycles. The van der Waals surface area contributed by atoms with Crippen LogP contribution in [0.25, 0.3) is 0 Å². The molecule has 2 aromatic carbocycles. The van der Waals surface area contributed by atoms with Gasteiger partial charge in [0.2, 0.25) is 0 Å². The van der Waals surface area contributed by atoms with Gasteiger partial charge in [0.25, 0.3) is 10.0 Å². The highest BCUT2D eigenvalue weighted by Crippen LogP contribution is 2.25. The Bertz CT molecular complexity index is 857. The first-order valence-electron chi connectivity index (χ1n) is 7.75. The van der Waals surface area contributed by atoms with Gasteiger partial charge in [-0.3, -0.25) is 4.72 Å². The van der Waals surface area contributed by atoms with E-state index >= 15 is 0 Å². The Morgan fingerprint density at radius 3 is 2.48 bits per heavy atom. The first-order valence-corrected chi connectivity index (χ1v) is 9.23. The molecule has 3 rings (SSSR count). The summed E-state index contributed by atoms with van der Waals surface area (Å²) in [6.07, 6.45) is 1.13. The molecule has 1 aliphatic heterocycles. The first-order chi connectivity index (χ1) is 11.9. The maximum atomic E-state index is 13.7. The van der Waals surface area contributed by atoms with Crippen molar-refractivity contribution in [2.24, 2.45) is 0 Å². The number of hydrogen-bond acceptors (Lipinski definition) is 4. The van der Waals surface area contributed by atoms with E-state index in [1.165, 1.54) is 0 Å². The van der Waals surface area contributed by atoms with Crippen LogP contribution in [0.1, 0.15) is 6.42 Å². The molecule has 1 N–H and O–H groups in total. The van der Waals surface area contributed by atoms with E-state index < -0.39 is 26.6 Å². The average Bonchev–Trinajstić information content (AvgIpc) is 3.04. The quantitative estimate of drug-likeness (QED) is 0.882. The maximum absolute atomic E-state index is 13.7. The smallest absolute Gasteiger partial charge is 0.264 e. The molecule has 0 spiro atoms. The number of rotatable bonds is 5. The maximum Gasteiger partial charge on any atom is 0.264 e. The third-order valence-electron chi connectivity index (χ3n) is 4.15. The van der Waals surface area contributed by atoms with Crippen molar-refractivity contribution in [3.8, 4) is 0 Å². The van der Waals surface area contributed by atoms with Crippen LogP contribution in [-0.4, -0.2) is 34.7 Å². The number of benzene rings is 2. The summed E-state index contributed by atoms with van der Waals surface area (Å²) in [5.41, 5.74) is 1.26. The van der Waals surface area contributed by atoms with Crippen molar-refractivity contribution in [1.29, 1.82) is 0 Å². The third-order valence-corrected chi connectivity index (χ3v) is 5.56. The van der Waals surface area contributed by atoms with Gasteiger partial charge >= 0.3 is 0 Å². The number of hydrogen-bond donors (Lipinski definition) is 1. The van der Waals surface area contributed by atoms with E-state index in [-0.39, 0.29) is 6.10 Å². The highest BCUT2D eigenvalue weighted by Gasteiger charge is 2.23. The summed E-state index contributed by atoms with van der Waals surface area (Å²) < 4.78 is 58.8. The molecule has 1 fully saturated rings. The van der Waals surface area contributed by atoms with Gasteiger partial charge in [0.1, 0.15) is 16.5 Å². The molecular weight excluding hydrogens is 350 g/mol. The molecule has 0 bridgehead atoms. The van der Waals surface area contributed by atoms with Crippen molar-refractivity contribution >= 4 is 21.4 Å². The Morgan fingerprint density at radius 1 is 1.16 bits per heavy atom. The van der Waals surface area contributed by atoms with Crippen molar-refractivity contribution < 1.29 is 21.9 Å². The summed E-state index contributed by atoms with van der Waals surface area (Å²) in [6, 6.07) is 9.13. The minimum atomic E-state index is -4.13. The fourth-order valence-electron chi connectivity index (χ4n) is 2.80. The van der Waals surface area contributed by atoms with Gasteiger partial charge in [-0.15, -0.1) is 0 Å². The largest absolute Gasteiger partial charge is 0.380 e. The summed E-state index contributed by atoms with van der Waals surface area (Å²) in [5, 5.41) is 0. The van der Waals surface area contributed by atoms with Crippen LogP contribution in [0.2, 0.25) is 0 Å². The normalized spacial score (nSPS) is 17.7. The highest BCUT2D eigenvalue weighted by atomic mass is 32.2. The molecule has 1 aliphatic rings. The summed E-state index contributed by atoms with van der Waals surface area (Å²) in [5.74, 6) is -1.97. The lowest BCUT2D eigenvalue weighted by molar-refractivity contribution is 0.121. The highest BCUT2D eigenvalue weighted by molar-refractivity contribution is 7.92. The van der Waals surface area contributed by atoms with Gasteiger partial charge < -0.3 is 9.64 Å². The zero-order chi connectivity index (χ0) is 18.0. The molecule has 25 heavy (non-hydrogen) atoms. The molecule has 1 heterocycles. The number of halogens is 2. The lowest BCUT2D eigenvalue weighted by Crippen LogP contribution is -2.22. The predicted octanol–water partition coefficient (Wildman–Crippen LogP) is 2.99. The van der Waals surface area contributed by atoms with Gasteiger partial charge in [-0.25, -0.2) is 17.2 Å². The van der Waals surface area contributed by atoms with Gasteiger partial charge in [0, 0.05) is 37.6 Å². The number of ether oxygens (including phenoxy) is 1. The number of methoxy groups -OCH3 is 1. The Labute approximate surface area is 145 Å². The second kappa shape index (κ2) is 6.97. The zero-order valence-corrected chi connectivity index (χ0v) is 14.4. The molecular formula is C17H18F2N2O3S. The SMILES string of the molecule is COC1CCN(c2ccc(NS(=O)(=O)c3ccc(F)cc3F)cc2)C1. The van der Waals surface area contributed by atoms with Crippen LogP contribution in [0, 0.1) is 11.6 Å². The van der Waals surface area contributed by atoms with E-state index in [1.807, 2.05) is 0 Å². The lowest BCUT2D eigenvalue weighted by atomic mass is 10.2. The molecule has 8 heteroatoms. The van der Waals surface area contributed by atoms with E-state index in [4.69, 9.17) is 4.74 Å². The minimum Gasteiger partial charge on any atom is -0.380 e. The molecule has 0 amide bonds. The van der Waals surface area contributed by atoms with Gasteiger partial charge in [0.15, 0.2) is 0 Å². The Hall–Kier alpha value is -2.19. The van der Waals surface area contributed by atoms with Crippen LogP contribution in [0.15, 0.2) is 47.4 Å². The molecule has 0 saturated carbocycles. The average molecular weight is 368 g/mol. The molecule has 1 atom stereocenters. The summed E-state index contributed by atoms with van der Waals surface area (Å²) in [7, 11) is -2.45. The van der Waals surface area contributed by atoms with Gasteiger partial charge in [0.05, 0.1) is 6.10 Å². The van der Waals surface area contributed by atoms with E-state index in [0.717, 1.165) is 37.3 Å². The Balaban J connectivity index is 1.74. The number of nitrogens with one attached hydrogen (secondary N) is 1.